The van der Waals surface area contributed by atoms with Gasteiger partial charge >= 0.3 is 5.97 Å². The lowest BCUT2D eigenvalue weighted by atomic mass is 10.3. The van der Waals surface area contributed by atoms with Gasteiger partial charge in [-0.05, 0) is 36.4 Å². The summed E-state index contributed by atoms with van der Waals surface area (Å²) in [7, 11) is 0. The Hall–Kier alpha value is -3.52. The monoisotopic (exact) mass is 408 g/mol. The van der Waals surface area contributed by atoms with E-state index in [0.29, 0.717) is 33.5 Å². The number of hydrogen-bond donors (Lipinski definition) is 1. The first kappa shape index (κ1) is 18.8. The molecule has 0 spiro atoms. The number of pyridine rings is 1. The molecule has 0 unspecified atom stereocenters. The third kappa shape index (κ3) is 4.67. The highest BCUT2D eigenvalue weighted by Crippen LogP contribution is 2.34. The number of carbonyl (C=O) groups excluding carboxylic acids is 2. The molecule has 1 aliphatic rings. The number of nitrogens with one attached hydrogen (secondary N) is 1. The summed E-state index contributed by atoms with van der Waals surface area (Å²) in [6, 6.07) is 17.2. The van der Waals surface area contributed by atoms with Gasteiger partial charge in [-0.2, -0.15) is 0 Å². The van der Waals surface area contributed by atoms with E-state index in [2.05, 4.69) is 10.3 Å². The molecule has 2 aromatic carbocycles. The van der Waals surface area contributed by atoms with Crippen LogP contribution in [0.15, 0.2) is 71.9 Å². The van der Waals surface area contributed by atoms with E-state index in [-0.39, 0.29) is 18.5 Å². The van der Waals surface area contributed by atoms with E-state index in [9.17, 15) is 9.59 Å². The zero-order valence-corrected chi connectivity index (χ0v) is 16.0. The van der Waals surface area contributed by atoms with E-state index >= 15 is 0 Å². The number of carbonyl (C=O) groups is 2. The quantitative estimate of drug-likeness (QED) is 0.377. The van der Waals surface area contributed by atoms with Gasteiger partial charge in [0.15, 0.2) is 11.5 Å². The maximum Gasteiger partial charge on any atom is 0.346 e. The van der Waals surface area contributed by atoms with Gasteiger partial charge in [0.05, 0.1) is 11.3 Å². The van der Waals surface area contributed by atoms with Gasteiger partial charge < -0.3 is 19.5 Å². The second-order valence-corrected chi connectivity index (χ2v) is 6.93. The smallest absolute Gasteiger partial charge is 0.346 e. The topological polar surface area (TPSA) is 86.8 Å². The summed E-state index contributed by atoms with van der Waals surface area (Å²) in [4.78, 5) is 29.0. The number of thioether (sulfide) groups is 1. The van der Waals surface area contributed by atoms with Gasteiger partial charge in [0.1, 0.15) is 10.8 Å². The van der Waals surface area contributed by atoms with Gasteiger partial charge in [0.2, 0.25) is 12.7 Å². The molecular weight excluding hydrogens is 392 g/mol. The molecule has 1 aromatic heterocycles. The number of benzene rings is 2. The number of amides is 1. The van der Waals surface area contributed by atoms with Crippen molar-refractivity contribution >= 4 is 29.3 Å². The molecule has 1 aliphatic heterocycles. The highest BCUT2D eigenvalue weighted by molar-refractivity contribution is 8.00. The van der Waals surface area contributed by atoms with Crippen LogP contribution in [0.1, 0.15) is 10.4 Å². The normalized spacial score (nSPS) is 11.7. The number of rotatable bonds is 6. The molecule has 0 fully saturated rings. The van der Waals surface area contributed by atoms with Crippen molar-refractivity contribution in [3.8, 4) is 17.2 Å². The Morgan fingerprint density at radius 3 is 2.72 bits per heavy atom. The number of hydrogen-bond acceptors (Lipinski definition) is 7. The van der Waals surface area contributed by atoms with Crippen LogP contribution in [0.5, 0.6) is 17.2 Å². The van der Waals surface area contributed by atoms with Gasteiger partial charge in [-0.1, -0.05) is 30.0 Å². The molecule has 0 aliphatic carbocycles. The first-order valence-corrected chi connectivity index (χ1v) is 9.72. The lowest BCUT2D eigenvalue weighted by Crippen LogP contribution is -2.15. The minimum Gasteiger partial charge on any atom is -0.454 e. The lowest BCUT2D eigenvalue weighted by molar-refractivity contribution is -0.113. The number of para-hydroxylation sites is 1. The molecular formula is C21H16N2O5S. The highest BCUT2D eigenvalue weighted by atomic mass is 32.2. The van der Waals surface area contributed by atoms with Gasteiger partial charge in [-0.25, -0.2) is 9.78 Å². The van der Waals surface area contributed by atoms with Crippen molar-refractivity contribution in [2.45, 2.75) is 5.03 Å². The van der Waals surface area contributed by atoms with E-state index in [1.165, 1.54) is 0 Å². The van der Waals surface area contributed by atoms with Crippen molar-refractivity contribution in [2.24, 2.45) is 0 Å². The molecule has 2 heterocycles. The Morgan fingerprint density at radius 1 is 1.03 bits per heavy atom. The predicted molar refractivity (Wildman–Crippen MR) is 108 cm³/mol. The number of fused-ring (bicyclic) bond motifs is 1. The maximum atomic E-state index is 12.5. The summed E-state index contributed by atoms with van der Waals surface area (Å²) in [5.74, 6) is 0.998. The first-order chi connectivity index (χ1) is 14.2. The van der Waals surface area contributed by atoms with Gasteiger partial charge in [0, 0.05) is 18.0 Å². The fraction of sp³-hybridized carbons (Fsp3) is 0.0952. The summed E-state index contributed by atoms with van der Waals surface area (Å²) in [5, 5.41) is 3.22. The second kappa shape index (κ2) is 8.66. The van der Waals surface area contributed by atoms with Crippen molar-refractivity contribution in [2.75, 3.05) is 17.9 Å². The zero-order chi connectivity index (χ0) is 20.1. The van der Waals surface area contributed by atoms with E-state index in [0.717, 1.165) is 11.8 Å². The molecule has 4 rings (SSSR count). The Morgan fingerprint density at radius 2 is 1.86 bits per heavy atom. The van der Waals surface area contributed by atoms with Crippen LogP contribution in [0.2, 0.25) is 0 Å². The van der Waals surface area contributed by atoms with Crippen LogP contribution >= 0.6 is 11.8 Å². The maximum absolute atomic E-state index is 12.5. The van der Waals surface area contributed by atoms with Crippen molar-refractivity contribution in [1.82, 2.24) is 4.98 Å². The minimum absolute atomic E-state index is 0.0804. The molecule has 0 saturated carbocycles. The fourth-order valence-corrected chi connectivity index (χ4v) is 3.40. The Kier molecular flexibility index (Phi) is 5.62. The molecule has 0 bridgehead atoms. The lowest BCUT2D eigenvalue weighted by Gasteiger charge is -2.09. The average Bonchev–Trinajstić information content (AvgIpc) is 3.21. The van der Waals surface area contributed by atoms with E-state index < -0.39 is 5.97 Å². The van der Waals surface area contributed by atoms with Crippen LogP contribution in [-0.2, 0) is 4.79 Å². The SMILES string of the molecule is O=C(CSc1ncccc1C(=O)Oc1ccccc1)Nc1ccc2c(c1)OCO2. The summed E-state index contributed by atoms with van der Waals surface area (Å²) in [6.45, 7) is 0.171. The molecule has 3 aromatic rings. The van der Waals surface area contributed by atoms with Crippen molar-refractivity contribution in [3.63, 3.8) is 0 Å². The summed E-state index contributed by atoms with van der Waals surface area (Å²) < 4.78 is 15.9. The van der Waals surface area contributed by atoms with E-state index in [1.807, 2.05) is 6.07 Å². The Labute approximate surface area is 171 Å². The van der Waals surface area contributed by atoms with Gasteiger partial charge in [-0.3, -0.25) is 4.79 Å². The second-order valence-electron chi connectivity index (χ2n) is 5.96. The van der Waals surface area contributed by atoms with Crippen LogP contribution < -0.4 is 19.5 Å². The standard InChI is InChI=1S/C21H16N2O5S/c24-19(23-14-8-9-17-18(11-14)27-13-26-17)12-29-20-16(7-4-10-22-20)21(25)28-15-5-2-1-3-6-15/h1-11H,12-13H2,(H,23,24). The number of aromatic nitrogens is 1. The molecule has 29 heavy (non-hydrogen) atoms. The van der Waals surface area contributed by atoms with Crippen molar-refractivity contribution in [3.05, 3.63) is 72.4 Å². The Bertz CT molecular complexity index is 1040. The number of nitrogens with zero attached hydrogens (tertiary/aromatic N) is 1. The summed E-state index contributed by atoms with van der Waals surface area (Å²) in [5.41, 5.74) is 0.904. The number of ether oxygens (including phenoxy) is 3. The molecule has 1 N–H and O–H groups in total. The van der Waals surface area contributed by atoms with E-state index in [1.54, 1.807) is 60.8 Å². The minimum atomic E-state index is -0.525. The van der Waals surface area contributed by atoms with Crippen molar-refractivity contribution < 1.29 is 23.8 Å². The third-order valence-electron chi connectivity index (χ3n) is 3.94. The average molecular weight is 408 g/mol. The molecule has 1 amide bonds. The number of anilines is 1. The third-order valence-corrected chi connectivity index (χ3v) is 4.95. The van der Waals surface area contributed by atoms with Gasteiger partial charge in [-0.15, -0.1) is 0 Å². The first-order valence-electron chi connectivity index (χ1n) is 8.73. The Balaban J connectivity index is 1.38. The molecule has 0 saturated heterocycles. The van der Waals surface area contributed by atoms with Crippen LogP contribution in [0.4, 0.5) is 5.69 Å². The number of esters is 1. The van der Waals surface area contributed by atoms with Crippen molar-refractivity contribution in [1.29, 1.82) is 0 Å². The molecule has 7 nitrogen and oxygen atoms in total. The summed E-state index contributed by atoms with van der Waals surface area (Å²) in [6.07, 6.45) is 1.57. The fourth-order valence-electron chi connectivity index (χ4n) is 2.62. The van der Waals surface area contributed by atoms with Crippen LogP contribution in [-0.4, -0.2) is 29.4 Å². The summed E-state index contributed by atoms with van der Waals surface area (Å²) >= 11 is 1.16. The molecule has 146 valence electrons. The van der Waals surface area contributed by atoms with Crippen LogP contribution in [0, 0.1) is 0 Å². The van der Waals surface area contributed by atoms with Crippen LogP contribution in [0.3, 0.4) is 0 Å². The van der Waals surface area contributed by atoms with Gasteiger partial charge in [0.25, 0.3) is 0 Å². The molecule has 8 heteroatoms. The highest BCUT2D eigenvalue weighted by Gasteiger charge is 2.17. The van der Waals surface area contributed by atoms with Crippen LogP contribution in [0.25, 0.3) is 0 Å². The predicted octanol–water partition coefficient (Wildman–Crippen LogP) is 3.76. The molecule has 0 radical (unpaired) electrons. The van der Waals surface area contributed by atoms with E-state index in [4.69, 9.17) is 14.2 Å². The molecule has 0 atom stereocenters. The zero-order valence-electron chi connectivity index (χ0n) is 15.2. The largest absolute Gasteiger partial charge is 0.454 e.